The lowest BCUT2D eigenvalue weighted by molar-refractivity contribution is -0.384. The molecule has 0 radical (unpaired) electrons. The van der Waals surface area contributed by atoms with Crippen LogP contribution in [0.25, 0.3) is 0 Å². The molecule has 1 fully saturated rings. The van der Waals surface area contributed by atoms with E-state index in [0.717, 1.165) is 19.4 Å². The maximum atomic E-state index is 11.0. The summed E-state index contributed by atoms with van der Waals surface area (Å²) in [4.78, 5) is 14.6. The summed E-state index contributed by atoms with van der Waals surface area (Å²) < 4.78 is 5.60. The van der Waals surface area contributed by atoms with Crippen LogP contribution in [0.15, 0.2) is 12.1 Å². The summed E-state index contributed by atoms with van der Waals surface area (Å²) in [6.07, 6.45) is 2.10. The molecular formula is C12H19N5O3. The van der Waals surface area contributed by atoms with E-state index in [1.165, 1.54) is 12.1 Å². The van der Waals surface area contributed by atoms with E-state index < -0.39 is 4.92 Å². The van der Waals surface area contributed by atoms with E-state index in [0.29, 0.717) is 18.3 Å². The fourth-order valence-corrected chi connectivity index (χ4v) is 2.41. The normalized spacial score (nSPS) is 21.7. The topological polar surface area (TPSA) is 115 Å². The summed E-state index contributed by atoms with van der Waals surface area (Å²) in [5.74, 6) is 6.23. The van der Waals surface area contributed by atoms with Gasteiger partial charge in [-0.15, -0.1) is 0 Å². The first-order chi connectivity index (χ1) is 9.65. The zero-order valence-electron chi connectivity index (χ0n) is 11.3. The molecule has 0 bridgehead atoms. The third kappa shape index (κ3) is 3.14. The molecule has 1 aromatic heterocycles. The van der Waals surface area contributed by atoms with Crippen molar-refractivity contribution in [2.45, 2.75) is 25.9 Å². The molecule has 0 aromatic carbocycles. The van der Waals surface area contributed by atoms with Crippen molar-refractivity contribution in [1.82, 2.24) is 4.98 Å². The molecule has 8 heteroatoms. The monoisotopic (exact) mass is 281 g/mol. The maximum Gasteiger partial charge on any atom is 0.311 e. The highest BCUT2D eigenvalue weighted by Gasteiger charge is 2.27. The van der Waals surface area contributed by atoms with Crippen LogP contribution in [0.4, 0.5) is 17.3 Å². The SMILES string of the molecule is CCC1OCCC1CNc1nc(NN)ccc1[N+](=O)[O-]. The number of nitrogens with one attached hydrogen (secondary N) is 2. The van der Waals surface area contributed by atoms with Crippen LogP contribution in [0.5, 0.6) is 0 Å². The largest absolute Gasteiger partial charge is 0.378 e. The van der Waals surface area contributed by atoms with Crippen LogP contribution < -0.4 is 16.6 Å². The zero-order chi connectivity index (χ0) is 14.5. The number of hydrogen-bond donors (Lipinski definition) is 3. The van der Waals surface area contributed by atoms with Crippen molar-refractivity contribution in [2.75, 3.05) is 23.9 Å². The Morgan fingerprint density at radius 1 is 1.60 bits per heavy atom. The lowest BCUT2D eigenvalue weighted by Gasteiger charge is -2.17. The van der Waals surface area contributed by atoms with E-state index in [2.05, 4.69) is 22.7 Å². The Morgan fingerprint density at radius 3 is 3.05 bits per heavy atom. The first kappa shape index (κ1) is 14.5. The van der Waals surface area contributed by atoms with Crippen molar-refractivity contribution >= 4 is 17.3 Å². The van der Waals surface area contributed by atoms with Gasteiger partial charge in [0.15, 0.2) is 0 Å². The number of pyridine rings is 1. The predicted molar refractivity (Wildman–Crippen MR) is 75.3 cm³/mol. The molecule has 2 atom stereocenters. The minimum absolute atomic E-state index is 0.0593. The Kier molecular flexibility index (Phi) is 4.70. The highest BCUT2D eigenvalue weighted by molar-refractivity contribution is 5.60. The van der Waals surface area contributed by atoms with Crippen LogP contribution in [-0.4, -0.2) is 29.2 Å². The Hall–Kier alpha value is -1.93. The lowest BCUT2D eigenvalue weighted by Crippen LogP contribution is -2.23. The quantitative estimate of drug-likeness (QED) is 0.411. The first-order valence-corrected chi connectivity index (χ1v) is 6.63. The van der Waals surface area contributed by atoms with Gasteiger partial charge in [-0.25, -0.2) is 10.8 Å². The molecule has 8 nitrogen and oxygen atoms in total. The maximum absolute atomic E-state index is 11.0. The van der Waals surface area contributed by atoms with Crippen LogP contribution in [-0.2, 0) is 4.74 Å². The van der Waals surface area contributed by atoms with Gasteiger partial charge in [-0.3, -0.25) is 10.1 Å². The second-order valence-electron chi connectivity index (χ2n) is 4.71. The smallest absolute Gasteiger partial charge is 0.311 e. The number of nitrogens with zero attached hydrogens (tertiary/aromatic N) is 2. The van der Waals surface area contributed by atoms with Crippen molar-refractivity contribution in [3.8, 4) is 0 Å². The van der Waals surface area contributed by atoms with E-state index >= 15 is 0 Å². The Morgan fingerprint density at radius 2 is 2.40 bits per heavy atom. The lowest BCUT2D eigenvalue weighted by atomic mass is 10.00. The molecule has 0 saturated carbocycles. The highest BCUT2D eigenvalue weighted by Crippen LogP contribution is 2.27. The molecule has 0 spiro atoms. The third-order valence-corrected chi connectivity index (χ3v) is 3.50. The van der Waals surface area contributed by atoms with Gasteiger partial charge in [0.1, 0.15) is 5.82 Å². The Bertz CT molecular complexity index is 482. The standard InChI is InChI=1S/C12H19N5O3/c1-2-10-8(5-6-20-10)7-14-12-9(17(18)19)3-4-11(15-12)16-13/h3-4,8,10H,2,5-7,13H2,1H3,(H2,14,15,16). The number of hydrazine groups is 1. The van der Waals surface area contributed by atoms with E-state index in [-0.39, 0.29) is 17.6 Å². The zero-order valence-corrected chi connectivity index (χ0v) is 11.3. The van der Waals surface area contributed by atoms with E-state index in [1.807, 2.05) is 0 Å². The average molecular weight is 281 g/mol. The van der Waals surface area contributed by atoms with Crippen LogP contribution in [0.1, 0.15) is 19.8 Å². The van der Waals surface area contributed by atoms with Crippen LogP contribution in [0.2, 0.25) is 0 Å². The summed E-state index contributed by atoms with van der Waals surface area (Å²) in [5, 5.41) is 14.0. The summed E-state index contributed by atoms with van der Waals surface area (Å²) in [6, 6.07) is 2.85. The summed E-state index contributed by atoms with van der Waals surface area (Å²) in [5.41, 5.74) is 2.32. The third-order valence-electron chi connectivity index (χ3n) is 3.50. The summed E-state index contributed by atoms with van der Waals surface area (Å²) in [6.45, 7) is 3.41. The molecule has 1 aliphatic heterocycles. The van der Waals surface area contributed by atoms with E-state index in [1.54, 1.807) is 0 Å². The van der Waals surface area contributed by atoms with Crippen molar-refractivity contribution in [3.05, 3.63) is 22.2 Å². The summed E-state index contributed by atoms with van der Waals surface area (Å²) in [7, 11) is 0. The summed E-state index contributed by atoms with van der Waals surface area (Å²) >= 11 is 0. The van der Waals surface area contributed by atoms with Gasteiger partial charge in [0.2, 0.25) is 5.82 Å². The van der Waals surface area contributed by atoms with Gasteiger partial charge in [-0.2, -0.15) is 0 Å². The number of anilines is 2. The molecule has 0 aliphatic carbocycles. The first-order valence-electron chi connectivity index (χ1n) is 6.63. The van der Waals surface area contributed by atoms with Gasteiger partial charge < -0.3 is 15.5 Å². The Labute approximate surface area is 116 Å². The van der Waals surface area contributed by atoms with E-state index in [9.17, 15) is 10.1 Å². The molecule has 110 valence electrons. The molecule has 20 heavy (non-hydrogen) atoms. The number of aromatic nitrogens is 1. The van der Waals surface area contributed by atoms with Gasteiger partial charge in [0, 0.05) is 25.1 Å². The van der Waals surface area contributed by atoms with Gasteiger partial charge >= 0.3 is 5.69 Å². The van der Waals surface area contributed by atoms with Crippen molar-refractivity contribution in [1.29, 1.82) is 0 Å². The molecular weight excluding hydrogens is 262 g/mol. The van der Waals surface area contributed by atoms with Crippen molar-refractivity contribution < 1.29 is 9.66 Å². The van der Waals surface area contributed by atoms with Gasteiger partial charge in [0.25, 0.3) is 0 Å². The van der Waals surface area contributed by atoms with Crippen LogP contribution >= 0.6 is 0 Å². The molecule has 1 aromatic rings. The number of rotatable bonds is 6. The van der Waals surface area contributed by atoms with Gasteiger partial charge in [-0.1, -0.05) is 6.92 Å². The number of ether oxygens (including phenoxy) is 1. The van der Waals surface area contributed by atoms with Crippen LogP contribution in [0.3, 0.4) is 0 Å². The van der Waals surface area contributed by atoms with E-state index in [4.69, 9.17) is 10.6 Å². The average Bonchev–Trinajstić information content (AvgIpc) is 2.91. The fourth-order valence-electron chi connectivity index (χ4n) is 2.41. The molecule has 1 aliphatic rings. The second kappa shape index (κ2) is 6.49. The highest BCUT2D eigenvalue weighted by atomic mass is 16.6. The molecule has 2 heterocycles. The molecule has 2 rings (SSSR count). The minimum atomic E-state index is -0.460. The number of nitrogens with two attached hydrogens (primary N) is 1. The van der Waals surface area contributed by atoms with Gasteiger partial charge in [0.05, 0.1) is 11.0 Å². The molecule has 4 N–H and O–H groups in total. The van der Waals surface area contributed by atoms with Crippen LogP contribution in [0, 0.1) is 16.0 Å². The van der Waals surface area contributed by atoms with Gasteiger partial charge in [-0.05, 0) is 18.9 Å². The van der Waals surface area contributed by atoms with Crippen molar-refractivity contribution in [2.24, 2.45) is 11.8 Å². The molecule has 1 saturated heterocycles. The fraction of sp³-hybridized carbons (Fsp3) is 0.583. The predicted octanol–water partition coefficient (Wildman–Crippen LogP) is 1.50. The number of nitrogen functional groups attached to an aromatic ring is 1. The minimum Gasteiger partial charge on any atom is -0.378 e. The Balaban J connectivity index is 2.09. The molecule has 2 unspecified atom stereocenters. The number of hydrogen-bond acceptors (Lipinski definition) is 7. The number of nitro groups is 1. The molecule has 0 amide bonds. The second-order valence-corrected chi connectivity index (χ2v) is 4.71. The van der Waals surface area contributed by atoms with Crippen molar-refractivity contribution in [3.63, 3.8) is 0 Å².